The Hall–Kier alpha value is -0.740. The first-order chi connectivity index (χ1) is 7.49. The molecule has 0 bridgehead atoms. The number of halogens is 1. The maximum atomic E-state index is 5.90. The van der Waals surface area contributed by atoms with E-state index in [-0.39, 0.29) is 0 Å². The summed E-state index contributed by atoms with van der Waals surface area (Å²) in [7, 11) is 4.17. The van der Waals surface area contributed by atoms with Crippen LogP contribution >= 0.6 is 15.9 Å². The smallest absolute Gasteiger partial charge is 0.0587 e. The van der Waals surface area contributed by atoms with Crippen LogP contribution in [0.25, 0.3) is 0 Å². The summed E-state index contributed by atoms with van der Waals surface area (Å²) in [6.45, 7) is 3.24. The van der Waals surface area contributed by atoms with Crippen molar-refractivity contribution in [1.29, 1.82) is 0 Å². The molecule has 0 spiro atoms. The van der Waals surface area contributed by atoms with Gasteiger partial charge in [-0.25, -0.2) is 0 Å². The average Bonchev–Trinajstić information content (AvgIpc) is 2.20. The van der Waals surface area contributed by atoms with Crippen LogP contribution in [0.15, 0.2) is 22.7 Å². The summed E-state index contributed by atoms with van der Waals surface area (Å²) in [6, 6.07) is 6.29. The SMILES string of the molecule is CC(CCN(C)C)Nc1cc(Br)ccc1N. The Labute approximate surface area is 106 Å². The van der Waals surface area contributed by atoms with Gasteiger partial charge in [0.15, 0.2) is 0 Å². The van der Waals surface area contributed by atoms with Crippen LogP contribution in [0.1, 0.15) is 13.3 Å². The zero-order chi connectivity index (χ0) is 12.1. The van der Waals surface area contributed by atoms with E-state index in [0.717, 1.165) is 28.8 Å². The van der Waals surface area contributed by atoms with E-state index in [1.165, 1.54) is 0 Å². The third kappa shape index (κ3) is 4.41. The lowest BCUT2D eigenvalue weighted by molar-refractivity contribution is 0.390. The Morgan fingerprint density at radius 2 is 2.12 bits per heavy atom. The second kappa shape index (κ2) is 6.11. The average molecular weight is 286 g/mol. The number of benzene rings is 1. The lowest BCUT2D eigenvalue weighted by Crippen LogP contribution is -2.23. The number of hydrogen-bond acceptors (Lipinski definition) is 3. The molecule has 0 aliphatic heterocycles. The number of rotatable bonds is 5. The summed E-state index contributed by atoms with van der Waals surface area (Å²) in [4.78, 5) is 2.18. The number of anilines is 2. The summed E-state index contributed by atoms with van der Waals surface area (Å²) in [5, 5.41) is 3.42. The molecule has 0 radical (unpaired) electrons. The van der Waals surface area contributed by atoms with E-state index in [0.29, 0.717) is 6.04 Å². The normalized spacial score (nSPS) is 12.8. The minimum absolute atomic E-state index is 0.416. The fourth-order valence-electron chi connectivity index (χ4n) is 1.44. The molecule has 1 aromatic rings. The summed E-state index contributed by atoms with van der Waals surface area (Å²) in [5.41, 5.74) is 7.69. The highest BCUT2D eigenvalue weighted by Gasteiger charge is 2.05. The highest BCUT2D eigenvalue weighted by atomic mass is 79.9. The minimum Gasteiger partial charge on any atom is -0.397 e. The summed E-state index contributed by atoms with van der Waals surface area (Å²) in [6.07, 6.45) is 1.10. The monoisotopic (exact) mass is 285 g/mol. The van der Waals surface area contributed by atoms with Gasteiger partial charge in [0, 0.05) is 10.5 Å². The Morgan fingerprint density at radius 3 is 2.75 bits per heavy atom. The van der Waals surface area contributed by atoms with Crippen molar-refractivity contribution in [2.24, 2.45) is 0 Å². The number of nitrogens with one attached hydrogen (secondary N) is 1. The molecule has 0 fully saturated rings. The number of nitrogens with two attached hydrogens (primary N) is 1. The topological polar surface area (TPSA) is 41.3 Å². The molecule has 0 amide bonds. The van der Waals surface area contributed by atoms with Crippen LogP contribution in [-0.2, 0) is 0 Å². The fraction of sp³-hybridized carbons (Fsp3) is 0.500. The van der Waals surface area contributed by atoms with Crippen molar-refractivity contribution in [3.8, 4) is 0 Å². The van der Waals surface area contributed by atoms with Gasteiger partial charge in [-0.15, -0.1) is 0 Å². The Balaban J connectivity index is 2.55. The largest absolute Gasteiger partial charge is 0.397 e. The van der Waals surface area contributed by atoms with Crippen molar-refractivity contribution in [2.45, 2.75) is 19.4 Å². The molecule has 3 nitrogen and oxygen atoms in total. The van der Waals surface area contributed by atoms with Crippen LogP contribution in [0.3, 0.4) is 0 Å². The van der Waals surface area contributed by atoms with E-state index < -0.39 is 0 Å². The van der Waals surface area contributed by atoms with Gasteiger partial charge in [0.05, 0.1) is 11.4 Å². The quantitative estimate of drug-likeness (QED) is 0.818. The van der Waals surface area contributed by atoms with E-state index >= 15 is 0 Å². The highest BCUT2D eigenvalue weighted by molar-refractivity contribution is 9.10. The molecule has 1 aromatic carbocycles. The van der Waals surface area contributed by atoms with E-state index in [1.807, 2.05) is 18.2 Å². The molecular formula is C12H20BrN3. The Bertz CT molecular complexity index is 339. The highest BCUT2D eigenvalue weighted by Crippen LogP contribution is 2.24. The van der Waals surface area contributed by atoms with Gasteiger partial charge in [0.1, 0.15) is 0 Å². The van der Waals surface area contributed by atoms with Crippen molar-refractivity contribution >= 4 is 27.3 Å². The standard InChI is InChI=1S/C12H20BrN3/c1-9(6-7-16(2)3)15-12-8-10(13)4-5-11(12)14/h4-5,8-9,15H,6-7,14H2,1-3H3. The summed E-state index contributed by atoms with van der Waals surface area (Å²) >= 11 is 3.44. The molecule has 0 aliphatic rings. The predicted molar refractivity (Wildman–Crippen MR) is 74.8 cm³/mol. The molecule has 0 aliphatic carbocycles. The lowest BCUT2D eigenvalue weighted by atomic mass is 10.2. The third-order valence-electron chi connectivity index (χ3n) is 2.43. The van der Waals surface area contributed by atoms with Crippen molar-refractivity contribution < 1.29 is 0 Å². The van der Waals surface area contributed by atoms with Crippen LogP contribution < -0.4 is 11.1 Å². The van der Waals surface area contributed by atoms with E-state index in [1.54, 1.807) is 0 Å². The molecule has 3 N–H and O–H groups in total. The van der Waals surface area contributed by atoms with Gasteiger partial charge in [-0.3, -0.25) is 0 Å². The molecule has 0 saturated heterocycles. The number of nitrogen functional groups attached to an aromatic ring is 1. The first kappa shape index (κ1) is 13.3. The molecular weight excluding hydrogens is 266 g/mol. The molecule has 90 valence electrons. The van der Waals surface area contributed by atoms with Crippen LogP contribution in [0.5, 0.6) is 0 Å². The van der Waals surface area contributed by atoms with E-state index in [2.05, 4.69) is 47.2 Å². The molecule has 0 heterocycles. The Morgan fingerprint density at radius 1 is 1.44 bits per heavy atom. The summed E-state index contributed by atoms with van der Waals surface area (Å²) in [5.74, 6) is 0. The molecule has 0 aromatic heterocycles. The van der Waals surface area contributed by atoms with Crippen molar-refractivity contribution in [3.05, 3.63) is 22.7 Å². The zero-order valence-corrected chi connectivity index (χ0v) is 11.7. The van der Waals surface area contributed by atoms with Crippen molar-refractivity contribution in [2.75, 3.05) is 31.7 Å². The molecule has 16 heavy (non-hydrogen) atoms. The molecule has 1 atom stereocenters. The van der Waals surface area contributed by atoms with Gasteiger partial charge in [0.2, 0.25) is 0 Å². The van der Waals surface area contributed by atoms with Gasteiger partial charge in [-0.05, 0) is 52.2 Å². The lowest BCUT2D eigenvalue weighted by Gasteiger charge is -2.19. The van der Waals surface area contributed by atoms with Gasteiger partial charge < -0.3 is 16.0 Å². The van der Waals surface area contributed by atoms with E-state index in [9.17, 15) is 0 Å². The van der Waals surface area contributed by atoms with Crippen LogP contribution in [0.2, 0.25) is 0 Å². The van der Waals surface area contributed by atoms with Crippen LogP contribution in [-0.4, -0.2) is 31.6 Å². The molecule has 4 heteroatoms. The van der Waals surface area contributed by atoms with Gasteiger partial charge in [0.25, 0.3) is 0 Å². The Kier molecular flexibility index (Phi) is 5.09. The van der Waals surface area contributed by atoms with Crippen LogP contribution in [0, 0.1) is 0 Å². The molecule has 0 saturated carbocycles. The maximum Gasteiger partial charge on any atom is 0.0587 e. The second-order valence-electron chi connectivity index (χ2n) is 4.37. The van der Waals surface area contributed by atoms with Gasteiger partial charge in [-0.2, -0.15) is 0 Å². The third-order valence-corrected chi connectivity index (χ3v) is 2.92. The molecule has 1 rings (SSSR count). The first-order valence-corrected chi connectivity index (χ1v) is 6.24. The zero-order valence-electron chi connectivity index (χ0n) is 10.1. The van der Waals surface area contributed by atoms with Crippen LogP contribution in [0.4, 0.5) is 11.4 Å². The van der Waals surface area contributed by atoms with Gasteiger partial charge in [-0.1, -0.05) is 15.9 Å². The number of nitrogens with zero attached hydrogens (tertiary/aromatic N) is 1. The predicted octanol–water partition coefficient (Wildman–Crippen LogP) is 2.78. The van der Waals surface area contributed by atoms with Gasteiger partial charge >= 0.3 is 0 Å². The minimum atomic E-state index is 0.416. The fourth-order valence-corrected chi connectivity index (χ4v) is 1.80. The first-order valence-electron chi connectivity index (χ1n) is 5.45. The maximum absolute atomic E-state index is 5.90. The van der Waals surface area contributed by atoms with Crippen molar-refractivity contribution in [1.82, 2.24) is 4.90 Å². The van der Waals surface area contributed by atoms with E-state index in [4.69, 9.17) is 5.73 Å². The number of hydrogen-bond donors (Lipinski definition) is 2. The summed E-state index contributed by atoms with van der Waals surface area (Å²) < 4.78 is 1.05. The van der Waals surface area contributed by atoms with Crippen molar-refractivity contribution in [3.63, 3.8) is 0 Å². The second-order valence-corrected chi connectivity index (χ2v) is 5.28. The molecule has 1 unspecified atom stereocenters.